The number of hydrogen-bond acceptors (Lipinski definition) is 4. The van der Waals surface area contributed by atoms with E-state index in [1.165, 1.54) is 12.3 Å². The maximum absolute atomic E-state index is 15.2. The Morgan fingerprint density at radius 3 is 2.82 bits per heavy atom. The lowest BCUT2D eigenvalue weighted by Gasteiger charge is -2.30. The predicted molar refractivity (Wildman–Crippen MR) is 101 cm³/mol. The van der Waals surface area contributed by atoms with Crippen LogP contribution in [0.3, 0.4) is 0 Å². The van der Waals surface area contributed by atoms with E-state index in [0.29, 0.717) is 12.1 Å². The Labute approximate surface area is 164 Å². The van der Waals surface area contributed by atoms with Crippen LogP contribution in [0.2, 0.25) is 5.02 Å². The smallest absolute Gasteiger partial charge is 0.216 e. The second kappa shape index (κ2) is 7.04. The van der Waals surface area contributed by atoms with Crippen LogP contribution in [0.4, 0.5) is 8.78 Å². The molecule has 2 aromatic carbocycles. The molecule has 0 fully saturated rings. The second-order valence-electron chi connectivity index (χ2n) is 6.78. The maximum atomic E-state index is 15.2. The summed E-state index contributed by atoms with van der Waals surface area (Å²) < 4.78 is 30.1. The average molecular weight is 401 g/mol. The maximum Gasteiger partial charge on any atom is 0.216 e. The molecule has 2 heterocycles. The molecule has 4 nitrogen and oxygen atoms in total. The molecule has 0 N–H and O–H groups in total. The van der Waals surface area contributed by atoms with Crippen molar-refractivity contribution in [1.29, 1.82) is 0 Å². The Hall–Kier alpha value is -2.70. The minimum Gasteiger partial charge on any atom is -0.295 e. The summed E-state index contributed by atoms with van der Waals surface area (Å²) in [5.41, 5.74) is 1.49. The summed E-state index contributed by atoms with van der Waals surface area (Å²) in [5.74, 6) is -2.19. The number of hydrogen-bond donors (Lipinski definition) is 0. The fraction of sp³-hybridized carbons (Fsp3) is 0.190. The van der Waals surface area contributed by atoms with Crippen molar-refractivity contribution in [3.8, 4) is 0 Å². The summed E-state index contributed by atoms with van der Waals surface area (Å²) in [6.45, 7) is 1.91. The van der Waals surface area contributed by atoms with Crippen molar-refractivity contribution in [3.63, 3.8) is 0 Å². The molecule has 1 aliphatic rings. The number of fused-ring (bicyclic) bond motifs is 2. The number of carbonyl (C=O) groups is 2. The third-order valence-electron chi connectivity index (χ3n) is 5.21. The molecule has 0 saturated heterocycles. The molecule has 0 aliphatic carbocycles. The fourth-order valence-electron chi connectivity index (χ4n) is 3.89. The van der Waals surface area contributed by atoms with Crippen LogP contribution in [0.25, 0.3) is 10.9 Å². The van der Waals surface area contributed by atoms with E-state index >= 15 is 4.39 Å². The van der Waals surface area contributed by atoms with Gasteiger partial charge in [0.2, 0.25) is 5.78 Å². The van der Waals surface area contributed by atoms with Crippen molar-refractivity contribution in [2.45, 2.75) is 25.6 Å². The summed E-state index contributed by atoms with van der Waals surface area (Å²) in [6, 6.07) is 8.04. The molecule has 4 rings (SSSR count). The number of benzene rings is 2. The third kappa shape index (κ3) is 2.89. The number of nitrogens with zero attached hydrogens (tertiary/aromatic N) is 2. The molecule has 3 aromatic rings. The fourth-order valence-corrected chi connectivity index (χ4v) is 4.05. The number of rotatable bonds is 4. The minimum atomic E-state index is -0.879. The first-order chi connectivity index (χ1) is 13.4. The molecule has 0 bridgehead atoms. The first-order valence-electron chi connectivity index (χ1n) is 8.68. The summed E-state index contributed by atoms with van der Waals surface area (Å²) in [7, 11) is 0. The van der Waals surface area contributed by atoms with E-state index in [2.05, 4.69) is 4.98 Å². The molecule has 0 saturated carbocycles. The molecule has 0 radical (unpaired) electrons. The van der Waals surface area contributed by atoms with Gasteiger partial charge in [-0.25, -0.2) is 8.78 Å². The van der Waals surface area contributed by atoms with Crippen LogP contribution in [0, 0.1) is 11.6 Å². The average Bonchev–Trinajstić information content (AvgIpc) is 3.07. The Bertz CT molecular complexity index is 1120. The van der Waals surface area contributed by atoms with Gasteiger partial charge in [-0.2, -0.15) is 0 Å². The van der Waals surface area contributed by atoms with E-state index in [-0.39, 0.29) is 27.8 Å². The monoisotopic (exact) mass is 400 g/mol. The highest BCUT2D eigenvalue weighted by Gasteiger charge is 2.39. The van der Waals surface area contributed by atoms with Crippen LogP contribution in [0.1, 0.15) is 35.7 Å². The second-order valence-corrected chi connectivity index (χ2v) is 7.21. The van der Waals surface area contributed by atoms with E-state index < -0.39 is 29.5 Å². The van der Waals surface area contributed by atoms with Crippen molar-refractivity contribution >= 4 is 34.6 Å². The number of aldehydes is 1. The van der Waals surface area contributed by atoms with E-state index in [9.17, 15) is 14.0 Å². The van der Waals surface area contributed by atoms with Crippen LogP contribution in [0.15, 0.2) is 42.6 Å². The molecule has 7 heteroatoms. The van der Waals surface area contributed by atoms with Gasteiger partial charge in [-0.15, -0.1) is 0 Å². The van der Waals surface area contributed by atoms with Gasteiger partial charge in [0.1, 0.15) is 17.7 Å². The van der Waals surface area contributed by atoms with E-state index in [4.69, 9.17) is 11.6 Å². The lowest BCUT2D eigenvalue weighted by Crippen LogP contribution is -2.32. The molecule has 0 amide bonds. The molecule has 28 heavy (non-hydrogen) atoms. The van der Waals surface area contributed by atoms with Crippen molar-refractivity contribution in [1.82, 2.24) is 9.88 Å². The summed E-state index contributed by atoms with van der Waals surface area (Å²) >= 11 is 5.92. The summed E-state index contributed by atoms with van der Waals surface area (Å²) in [6.07, 6.45) is 1.57. The van der Waals surface area contributed by atoms with E-state index in [1.54, 1.807) is 24.0 Å². The van der Waals surface area contributed by atoms with Gasteiger partial charge >= 0.3 is 0 Å². The largest absolute Gasteiger partial charge is 0.295 e. The molecule has 1 aliphatic heterocycles. The summed E-state index contributed by atoms with van der Waals surface area (Å²) in [4.78, 5) is 29.1. The summed E-state index contributed by atoms with van der Waals surface area (Å²) in [5, 5.41) is 0.338. The molecular weight excluding hydrogens is 386 g/mol. The topological polar surface area (TPSA) is 50.3 Å². The number of ketones is 1. The normalized spacial score (nSPS) is 17.5. The highest BCUT2D eigenvalue weighted by atomic mass is 35.5. The first-order valence-corrected chi connectivity index (χ1v) is 9.06. The van der Waals surface area contributed by atoms with Crippen molar-refractivity contribution in [3.05, 3.63) is 75.9 Å². The third-order valence-corrected chi connectivity index (χ3v) is 5.42. The molecule has 1 aromatic heterocycles. The van der Waals surface area contributed by atoms with Crippen molar-refractivity contribution in [2.75, 3.05) is 0 Å². The number of aromatic nitrogens is 1. The molecule has 142 valence electrons. The lowest BCUT2D eigenvalue weighted by atomic mass is 9.98. The molecule has 0 spiro atoms. The van der Waals surface area contributed by atoms with Gasteiger partial charge in [0.25, 0.3) is 0 Å². The van der Waals surface area contributed by atoms with Crippen molar-refractivity contribution < 1.29 is 18.4 Å². The zero-order chi connectivity index (χ0) is 20.0. The quantitative estimate of drug-likeness (QED) is 0.476. The molecule has 2 unspecified atom stereocenters. The number of pyridine rings is 1. The Kier molecular flexibility index (Phi) is 4.69. The number of Topliss-reactive ketones (excluding diaryl/α,β-unsaturated/α-hetero) is 1. The Morgan fingerprint density at radius 2 is 2.07 bits per heavy atom. The Balaban J connectivity index is 1.84. The van der Waals surface area contributed by atoms with Crippen LogP contribution in [0.5, 0.6) is 0 Å². The van der Waals surface area contributed by atoms with Crippen LogP contribution in [-0.4, -0.2) is 22.0 Å². The van der Waals surface area contributed by atoms with Crippen molar-refractivity contribution in [2.24, 2.45) is 0 Å². The van der Waals surface area contributed by atoms with Gasteiger partial charge in [0.05, 0.1) is 10.5 Å². The number of halogens is 3. The molecule has 2 atom stereocenters. The number of carbonyl (C=O) groups excluding carboxylic acids is 2. The van der Waals surface area contributed by atoms with Crippen LogP contribution in [-0.2, 0) is 16.1 Å². The highest BCUT2D eigenvalue weighted by molar-refractivity contribution is 6.31. The SMILES string of the molecule is CC(c1c(F)cc2ncc(Cl)cc2c1F)N1Cc2ccccc2C1C(=O)C=O. The zero-order valence-electron chi connectivity index (χ0n) is 14.8. The standard InChI is InChI=1S/C21H15ClF2N2O2/c1-11(19-16(23)7-17-15(20(19)24)6-13(22)8-25-17)26-9-12-4-2-3-5-14(12)21(26)18(28)10-27/h2-8,10-11,21H,9H2,1H3. The van der Waals surface area contributed by atoms with Gasteiger partial charge in [0, 0.05) is 35.8 Å². The van der Waals surface area contributed by atoms with Crippen LogP contribution >= 0.6 is 11.6 Å². The minimum absolute atomic E-state index is 0.103. The van der Waals surface area contributed by atoms with Gasteiger partial charge in [-0.3, -0.25) is 19.5 Å². The van der Waals surface area contributed by atoms with Crippen LogP contribution < -0.4 is 0 Å². The zero-order valence-corrected chi connectivity index (χ0v) is 15.6. The van der Waals surface area contributed by atoms with Gasteiger partial charge in [-0.1, -0.05) is 35.9 Å². The van der Waals surface area contributed by atoms with Gasteiger partial charge in [0.15, 0.2) is 6.29 Å². The highest BCUT2D eigenvalue weighted by Crippen LogP contribution is 2.42. The Morgan fingerprint density at radius 1 is 1.32 bits per heavy atom. The van der Waals surface area contributed by atoms with Gasteiger partial charge in [-0.05, 0) is 24.1 Å². The van der Waals surface area contributed by atoms with E-state index in [1.807, 2.05) is 12.1 Å². The lowest BCUT2D eigenvalue weighted by molar-refractivity contribution is -0.134. The predicted octanol–water partition coefficient (Wildman–Crippen LogP) is 4.55. The van der Waals surface area contributed by atoms with Gasteiger partial charge < -0.3 is 0 Å². The first kappa shape index (κ1) is 18.7. The van der Waals surface area contributed by atoms with E-state index in [0.717, 1.165) is 11.6 Å². The molecular formula is C21H15ClF2N2O2.